The quantitative estimate of drug-likeness (QED) is 0.575. The second kappa shape index (κ2) is 8.80. The second-order valence-electron chi connectivity index (χ2n) is 6.19. The molecule has 1 amide bonds. The minimum absolute atomic E-state index is 0.0611. The van der Waals surface area contributed by atoms with Gasteiger partial charge in [-0.25, -0.2) is 0 Å². The Morgan fingerprint density at radius 3 is 2.73 bits per heavy atom. The van der Waals surface area contributed by atoms with Gasteiger partial charge in [0.1, 0.15) is 0 Å². The molecule has 0 fully saturated rings. The van der Waals surface area contributed by atoms with Crippen molar-refractivity contribution in [1.82, 2.24) is 10.1 Å². The van der Waals surface area contributed by atoms with Crippen LogP contribution in [0.1, 0.15) is 24.8 Å². The molecule has 0 saturated heterocycles. The molecule has 1 unspecified atom stereocenters. The second-order valence-corrected chi connectivity index (χ2v) is 6.19. The van der Waals surface area contributed by atoms with Gasteiger partial charge >= 0.3 is 12.1 Å². The Kier molecular flexibility index (Phi) is 6.19. The molecule has 2 aromatic heterocycles. The molecule has 0 aliphatic heterocycles. The predicted molar refractivity (Wildman–Crippen MR) is 95.9 cm³/mol. The standard InChI is InChI=1S/C19H16F3N3O5/c1-11(18(27)23-13-5-2-4-12(10-13)19(20,21)22)29-16(26)8-7-15-24-17(25-30-15)14-6-3-9-28-14/h2-6,9-11H,7-8H2,1H3,(H,23,27). The van der Waals surface area contributed by atoms with Crippen LogP contribution >= 0.6 is 0 Å². The predicted octanol–water partition coefficient (Wildman–Crippen LogP) is 3.85. The van der Waals surface area contributed by atoms with Crippen LogP contribution in [0.15, 0.2) is 51.6 Å². The molecule has 1 atom stereocenters. The summed E-state index contributed by atoms with van der Waals surface area (Å²) in [6, 6.07) is 7.44. The molecule has 0 radical (unpaired) electrons. The van der Waals surface area contributed by atoms with E-state index in [-0.39, 0.29) is 30.2 Å². The van der Waals surface area contributed by atoms with Gasteiger partial charge in [-0.3, -0.25) is 9.59 Å². The Hall–Kier alpha value is -3.63. The van der Waals surface area contributed by atoms with E-state index in [2.05, 4.69) is 15.5 Å². The number of rotatable bonds is 7. The zero-order valence-electron chi connectivity index (χ0n) is 15.6. The van der Waals surface area contributed by atoms with Gasteiger partial charge in [0.25, 0.3) is 5.91 Å². The number of nitrogens with one attached hydrogen (secondary N) is 1. The third-order valence-electron chi connectivity index (χ3n) is 3.89. The molecule has 0 aliphatic rings. The number of aryl methyl sites for hydroxylation is 1. The molecule has 11 heteroatoms. The van der Waals surface area contributed by atoms with Crippen LogP contribution in [0.4, 0.5) is 18.9 Å². The SMILES string of the molecule is CC(OC(=O)CCc1nc(-c2ccco2)no1)C(=O)Nc1cccc(C(F)(F)F)c1. The summed E-state index contributed by atoms with van der Waals surface area (Å²) in [6.45, 7) is 1.31. The van der Waals surface area contributed by atoms with Gasteiger partial charge in [-0.2, -0.15) is 18.2 Å². The topological polar surface area (TPSA) is 107 Å². The summed E-state index contributed by atoms with van der Waals surface area (Å²) in [5.41, 5.74) is -0.965. The average Bonchev–Trinajstić information content (AvgIpc) is 3.37. The maximum absolute atomic E-state index is 12.7. The highest BCUT2D eigenvalue weighted by Gasteiger charge is 2.30. The van der Waals surface area contributed by atoms with Crippen molar-refractivity contribution in [3.63, 3.8) is 0 Å². The zero-order valence-corrected chi connectivity index (χ0v) is 15.6. The van der Waals surface area contributed by atoms with E-state index >= 15 is 0 Å². The Labute approximate surface area is 168 Å². The molecular weight excluding hydrogens is 407 g/mol. The van der Waals surface area contributed by atoms with Gasteiger partial charge in [0, 0.05) is 12.1 Å². The molecule has 1 N–H and O–H groups in total. The highest BCUT2D eigenvalue weighted by atomic mass is 19.4. The largest absolute Gasteiger partial charge is 0.461 e. The minimum atomic E-state index is -4.54. The van der Waals surface area contributed by atoms with Crippen LogP contribution in [0.25, 0.3) is 11.6 Å². The number of halogens is 3. The van der Waals surface area contributed by atoms with Crippen molar-refractivity contribution in [2.45, 2.75) is 32.0 Å². The van der Waals surface area contributed by atoms with Crippen LogP contribution < -0.4 is 5.32 Å². The first-order valence-electron chi connectivity index (χ1n) is 8.76. The maximum Gasteiger partial charge on any atom is 0.416 e. The molecule has 0 bridgehead atoms. The number of furan rings is 1. The van der Waals surface area contributed by atoms with Crippen molar-refractivity contribution in [3.8, 4) is 11.6 Å². The molecule has 158 valence electrons. The Balaban J connectivity index is 1.49. The highest BCUT2D eigenvalue weighted by Crippen LogP contribution is 2.30. The van der Waals surface area contributed by atoms with Crippen molar-refractivity contribution in [2.75, 3.05) is 5.32 Å². The summed E-state index contributed by atoms with van der Waals surface area (Å²) in [5, 5.41) is 6.01. The van der Waals surface area contributed by atoms with Crippen LogP contribution in [0.3, 0.4) is 0 Å². The van der Waals surface area contributed by atoms with E-state index in [1.54, 1.807) is 12.1 Å². The van der Waals surface area contributed by atoms with E-state index in [1.165, 1.54) is 19.3 Å². The van der Waals surface area contributed by atoms with Gasteiger partial charge in [0.2, 0.25) is 11.7 Å². The van der Waals surface area contributed by atoms with Crippen LogP contribution in [0.5, 0.6) is 0 Å². The normalized spacial score (nSPS) is 12.4. The number of anilines is 1. The van der Waals surface area contributed by atoms with Crippen molar-refractivity contribution >= 4 is 17.6 Å². The third-order valence-corrected chi connectivity index (χ3v) is 3.89. The van der Waals surface area contributed by atoms with Crippen LogP contribution in [-0.4, -0.2) is 28.1 Å². The number of hydrogen-bond acceptors (Lipinski definition) is 7. The summed E-state index contributed by atoms with van der Waals surface area (Å²) in [7, 11) is 0. The van der Waals surface area contributed by atoms with E-state index in [4.69, 9.17) is 13.7 Å². The van der Waals surface area contributed by atoms with Crippen molar-refractivity contribution in [3.05, 3.63) is 54.1 Å². The first-order valence-corrected chi connectivity index (χ1v) is 8.76. The lowest BCUT2D eigenvalue weighted by molar-refractivity contribution is -0.153. The smallest absolute Gasteiger partial charge is 0.416 e. The summed E-state index contributed by atoms with van der Waals surface area (Å²) in [5.74, 6) is -0.649. The highest BCUT2D eigenvalue weighted by molar-refractivity contribution is 5.95. The van der Waals surface area contributed by atoms with Crippen LogP contribution in [-0.2, 0) is 26.9 Å². The first kappa shape index (κ1) is 21.1. The van der Waals surface area contributed by atoms with E-state index < -0.39 is 29.7 Å². The monoisotopic (exact) mass is 423 g/mol. The molecule has 1 aromatic carbocycles. The summed E-state index contributed by atoms with van der Waals surface area (Å²) >= 11 is 0. The zero-order chi connectivity index (χ0) is 21.7. The number of carbonyl (C=O) groups is 2. The lowest BCUT2D eigenvalue weighted by atomic mass is 10.2. The molecule has 0 spiro atoms. The Morgan fingerprint density at radius 2 is 2.03 bits per heavy atom. The first-order chi connectivity index (χ1) is 14.2. The number of amides is 1. The number of benzene rings is 1. The van der Waals surface area contributed by atoms with Crippen molar-refractivity contribution < 1.29 is 36.4 Å². The average molecular weight is 423 g/mol. The number of hydrogen-bond donors (Lipinski definition) is 1. The van der Waals surface area contributed by atoms with Crippen molar-refractivity contribution in [1.29, 1.82) is 0 Å². The summed E-state index contributed by atoms with van der Waals surface area (Å²) in [6.07, 6.45) is -4.36. The Bertz CT molecular complexity index is 1010. The molecule has 30 heavy (non-hydrogen) atoms. The number of ether oxygens (including phenoxy) is 1. The number of aromatic nitrogens is 2. The molecule has 0 aliphatic carbocycles. The number of alkyl halides is 3. The van der Waals surface area contributed by atoms with Gasteiger partial charge in [0.15, 0.2) is 11.9 Å². The Morgan fingerprint density at radius 1 is 1.23 bits per heavy atom. The number of carbonyl (C=O) groups excluding carboxylic acids is 2. The molecule has 8 nitrogen and oxygen atoms in total. The fraction of sp³-hybridized carbons (Fsp3) is 0.263. The third kappa shape index (κ3) is 5.46. The summed E-state index contributed by atoms with van der Waals surface area (Å²) < 4.78 is 53.4. The van der Waals surface area contributed by atoms with Gasteiger partial charge in [-0.1, -0.05) is 11.2 Å². The van der Waals surface area contributed by atoms with Gasteiger partial charge in [0.05, 0.1) is 18.2 Å². The molecule has 0 saturated carbocycles. The van der Waals surface area contributed by atoms with Crippen molar-refractivity contribution in [2.24, 2.45) is 0 Å². The lowest BCUT2D eigenvalue weighted by Crippen LogP contribution is -2.30. The lowest BCUT2D eigenvalue weighted by Gasteiger charge is -2.14. The number of esters is 1. The van der Waals surface area contributed by atoms with Gasteiger partial charge in [-0.05, 0) is 37.3 Å². The van der Waals surface area contributed by atoms with Gasteiger partial charge in [-0.15, -0.1) is 0 Å². The number of nitrogens with zero attached hydrogens (tertiary/aromatic N) is 2. The van der Waals surface area contributed by atoms with E-state index in [9.17, 15) is 22.8 Å². The fourth-order valence-electron chi connectivity index (χ4n) is 2.40. The van der Waals surface area contributed by atoms with Crippen LogP contribution in [0.2, 0.25) is 0 Å². The molecule has 3 aromatic rings. The fourth-order valence-corrected chi connectivity index (χ4v) is 2.40. The van der Waals surface area contributed by atoms with E-state index in [1.807, 2.05) is 0 Å². The molecule has 3 rings (SSSR count). The van der Waals surface area contributed by atoms with Crippen LogP contribution in [0, 0.1) is 0 Å². The van der Waals surface area contributed by atoms with E-state index in [0.29, 0.717) is 5.76 Å². The van der Waals surface area contributed by atoms with Gasteiger partial charge < -0.3 is 19.0 Å². The molecular formula is C19H16F3N3O5. The van der Waals surface area contributed by atoms with E-state index in [0.717, 1.165) is 18.2 Å². The maximum atomic E-state index is 12.7. The summed E-state index contributed by atoms with van der Waals surface area (Å²) in [4.78, 5) is 28.1. The minimum Gasteiger partial charge on any atom is -0.461 e. The molecule has 2 heterocycles.